The predicted octanol–water partition coefficient (Wildman–Crippen LogP) is 3.00. The van der Waals surface area contributed by atoms with Crippen molar-refractivity contribution in [3.63, 3.8) is 0 Å². The first-order chi connectivity index (χ1) is 7.70. The Kier molecular flexibility index (Phi) is 3.46. The molecule has 0 radical (unpaired) electrons. The van der Waals surface area contributed by atoms with Gasteiger partial charge in [-0.3, -0.25) is 4.21 Å². The highest BCUT2D eigenvalue weighted by Crippen LogP contribution is 2.27. The Labute approximate surface area is 102 Å². The van der Waals surface area contributed by atoms with E-state index in [2.05, 4.69) is 6.58 Å². The van der Waals surface area contributed by atoms with Gasteiger partial charge < -0.3 is 4.74 Å². The lowest BCUT2D eigenvalue weighted by molar-refractivity contribution is 0.254. The minimum atomic E-state index is -1.04. The summed E-state index contributed by atoms with van der Waals surface area (Å²) in [6.45, 7) is 4.00. The minimum Gasteiger partial charge on any atom is -0.493 e. The van der Waals surface area contributed by atoms with E-state index >= 15 is 0 Å². The Morgan fingerprint density at radius 1 is 1.56 bits per heavy atom. The van der Waals surface area contributed by atoms with Gasteiger partial charge in [0.2, 0.25) is 0 Å². The molecular formula is C12H11ClO2S. The number of hydrogen-bond acceptors (Lipinski definition) is 2. The quantitative estimate of drug-likeness (QED) is 0.775. The van der Waals surface area contributed by atoms with E-state index in [1.807, 2.05) is 6.08 Å². The third-order valence-corrected chi connectivity index (χ3v) is 3.84. The van der Waals surface area contributed by atoms with Crippen LogP contribution in [-0.4, -0.2) is 16.6 Å². The number of fused-ring (bicyclic) bond motifs is 1. The van der Waals surface area contributed by atoms with Crippen LogP contribution in [0.2, 0.25) is 5.02 Å². The second-order valence-corrected chi connectivity index (χ2v) is 5.24. The molecule has 0 fully saturated rings. The van der Waals surface area contributed by atoms with E-state index in [1.165, 1.54) is 0 Å². The third kappa shape index (κ3) is 2.36. The van der Waals surface area contributed by atoms with Crippen LogP contribution < -0.4 is 0 Å². The molecule has 0 aliphatic carbocycles. The fraction of sp³-hybridized carbons (Fsp3) is 0.167. The van der Waals surface area contributed by atoms with E-state index in [0.29, 0.717) is 23.1 Å². The zero-order chi connectivity index (χ0) is 11.5. The minimum absolute atomic E-state index is 0.419. The van der Waals surface area contributed by atoms with Crippen LogP contribution >= 0.6 is 11.6 Å². The van der Waals surface area contributed by atoms with Crippen LogP contribution in [0.4, 0.5) is 0 Å². The normalized spacial score (nSPS) is 18.6. The zero-order valence-electron chi connectivity index (χ0n) is 8.61. The predicted molar refractivity (Wildman–Crippen MR) is 66.9 cm³/mol. The Bertz CT molecular complexity index is 480. The van der Waals surface area contributed by atoms with Crippen molar-refractivity contribution in [1.82, 2.24) is 0 Å². The maximum Gasteiger partial charge on any atom is 0.110 e. The molecule has 0 aromatic heterocycles. The molecule has 0 saturated heterocycles. The molecule has 2 rings (SSSR count). The fourth-order valence-corrected chi connectivity index (χ4v) is 2.87. The average molecular weight is 255 g/mol. The molecule has 1 aliphatic rings. The maximum atomic E-state index is 11.9. The highest BCUT2D eigenvalue weighted by atomic mass is 35.5. The van der Waals surface area contributed by atoms with Gasteiger partial charge in [-0.15, -0.1) is 0 Å². The highest BCUT2D eigenvalue weighted by molar-refractivity contribution is 7.85. The van der Waals surface area contributed by atoms with Crippen LogP contribution in [0, 0.1) is 0 Å². The van der Waals surface area contributed by atoms with Crippen molar-refractivity contribution >= 4 is 28.5 Å². The average Bonchev–Trinajstić information content (AvgIpc) is 2.25. The summed E-state index contributed by atoms with van der Waals surface area (Å²) in [6.07, 6.45) is 3.55. The monoisotopic (exact) mass is 254 g/mol. The first-order valence-corrected chi connectivity index (χ1v) is 6.52. The molecule has 1 aromatic carbocycles. The summed E-state index contributed by atoms with van der Waals surface area (Å²) in [5.74, 6) is 1.13. The summed E-state index contributed by atoms with van der Waals surface area (Å²) in [5, 5.41) is 0.636. The van der Waals surface area contributed by atoms with Crippen LogP contribution in [0.15, 0.2) is 41.5 Å². The van der Waals surface area contributed by atoms with E-state index in [9.17, 15) is 4.21 Å². The number of rotatable bonds is 3. The molecule has 1 heterocycles. The number of halogens is 1. The Balaban J connectivity index is 2.35. The van der Waals surface area contributed by atoms with Gasteiger partial charge in [-0.25, -0.2) is 0 Å². The zero-order valence-corrected chi connectivity index (χ0v) is 10.2. The number of benzene rings is 1. The summed E-state index contributed by atoms with van der Waals surface area (Å²) >= 11 is 5.89. The molecule has 0 amide bonds. The fourth-order valence-electron chi connectivity index (χ4n) is 1.51. The molecule has 2 nitrogen and oxygen atoms in total. The van der Waals surface area contributed by atoms with Crippen LogP contribution in [0.25, 0.3) is 6.08 Å². The third-order valence-electron chi connectivity index (χ3n) is 2.19. The molecule has 1 aromatic rings. The van der Waals surface area contributed by atoms with Gasteiger partial charge in [0.25, 0.3) is 0 Å². The molecular weight excluding hydrogens is 244 g/mol. The lowest BCUT2D eigenvalue weighted by atomic mass is 10.2. The summed E-state index contributed by atoms with van der Waals surface area (Å²) in [4.78, 5) is 0.815. The first-order valence-electron chi connectivity index (χ1n) is 4.83. The van der Waals surface area contributed by atoms with Crippen LogP contribution in [0.3, 0.4) is 0 Å². The van der Waals surface area contributed by atoms with Crippen LogP contribution in [0.5, 0.6) is 0 Å². The molecule has 84 valence electrons. The summed E-state index contributed by atoms with van der Waals surface area (Å²) < 4.78 is 17.3. The van der Waals surface area contributed by atoms with E-state index < -0.39 is 10.8 Å². The molecule has 0 spiro atoms. The van der Waals surface area contributed by atoms with E-state index in [1.54, 1.807) is 24.3 Å². The van der Waals surface area contributed by atoms with Gasteiger partial charge in [-0.2, -0.15) is 0 Å². The topological polar surface area (TPSA) is 26.3 Å². The van der Waals surface area contributed by atoms with Crippen molar-refractivity contribution in [3.8, 4) is 0 Å². The smallest absolute Gasteiger partial charge is 0.110 e. The van der Waals surface area contributed by atoms with Gasteiger partial charge in [-0.1, -0.05) is 24.3 Å². The Morgan fingerprint density at radius 3 is 3.12 bits per heavy atom. The molecule has 0 bridgehead atoms. The molecule has 0 N–H and O–H groups in total. The maximum absolute atomic E-state index is 11.9. The second kappa shape index (κ2) is 4.85. The van der Waals surface area contributed by atoms with Crippen molar-refractivity contribution in [2.75, 3.05) is 12.4 Å². The van der Waals surface area contributed by atoms with Crippen molar-refractivity contribution in [3.05, 3.63) is 47.2 Å². The van der Waals surface area contributed by atoms with Crippen molar-refractivity contribution in [2.45, 2.75) is 4.90 Å². The van der Waals surface area contributed by atoms with Gasteiger partial charge in [-0.05, 0) is 29.8 Å². The number of hydrogen-bond donors (Lipinski definition) is 0. The van der Waals surface area contributed by atoms with E-state index in [-0.39, 0.29) is 0 Å². The van der Waals surface area contributed by atoms with Gasteiger partial charge in [0.1, 0.15) is 12.4 Å². The standard InChI is InChI=1S/C12H11ClO2S/c1-2-5-15-11-7-9-6-10(13)3-4-12(9)16(14)8-11/h2-4,6-7H,1,5,8H2. The molecule has 16 heavy (non-hydrogen) atoms. The molecule has 1 unspecified atom stereocenters. The van der Waals surface area contributed by atoms with Gasteiger partial charge >= 0.3 is 0 Å². The molecule has 4 heteroatoms. The second-order valence-electron chi connectivity index (χ2n) is 3.38. The summed E-state index contributed by atoms with van der Waals surface area (Å²) in [5.41, 5.74) is 0.871. The van der Waals surface area contributed by atoms with Crippen molar-refractivity contribution in [2.24, 2.45) is 0 Å². The first kappa shape index (κ1) is 11.4. The van der Waals surface area contributed by atoms with Crippen LogP contribution in [-0.2, 0) is 15.5 Å². The summed E-state index contributed by atoms with van der Waals surface area (Å²) in [6, 6.07) is 5.35. The van der Waals surface area contributed by atoms with Crippen molar-refractivity contribution in [1.29, 1.82) is 0 Å². The highest BCUT2D eigenvalue weighted by Gasteiger charge is 2.17. The summed E-state index contributed by atoms with van der Waals surface area (Å²) in [7, 11) is -1.04. The Morgan fingerprint density at radius 2 is 2.38 bits per heavy atom. The van der Waals surface area contributed by atoms with E-state index in [0.717, 1.165) is 10.5 Å². The van der Waals surface area contributed by atoms with Crippen LogP contribution in [0.1, 0.15) is 5.56 Å². The Hall–Kier alpha value is -1.06. The molecule has 0 saturated carbocycles. The lowest BCUT2D eigenvalue weighted by Gasteiger charge is -2.16. The SMILES string of the molecule is C=CCOC1=Cc2cc(Cl)ccc2S(=O)C1. The van der Waals surface area contributed by atoms with Gasteiger partial charge in [0.05, 0.1) is 16.6 Å². The molecule has 1 aliphatic heterocycles. The molecule has 1 atom stereocenters. The number of ether oxygens (including phenoxy) is 1. The lowest BCUT2D eigenvalue weighted by Crippen LogP contribution is -2.10. The largest absolute Gasteiger partial charge is 0.493 e. The van der Waals surface area contributed by atoms with Gasteiger partial charge in [0, 0.05) is 9.92 Å². The van der Waals surface area contributed by atoms with E-state index in [4.69, 9.17) is 16.3 Å². The van der Waals surface area contributed by atoms with Crippen molar-refractivity contribution < 1.29 is 8.95 Å². The van der Waals surface area contributed by atoms with Gasteiger partial charge in [0.15, 0.2) is 0 Å².